The molecule has 0 aliphatic heterocycles. The molecule has 1 aliphatic carbocycles. The fourth-order valence-electron chi connectivity index (χ4n) is 1.41. The highest BCUT2D eigenvalue weighted by atomic mass is 35.5. The number of hydrogen-bond donors (Lipinski definition) is 1. The minimum absolute atomic E-state index is 0.316. The molecule has 0 bridgehead atoms. The van der Waals surface area contributed by atoms with Crippen molar-refractivity contribution in [3.63, 3.8) is 0 Å². The van der Waals surface area contributed by atoms with Crippen molar-refractivity contribution in [2.24, 2.45) is 0 Å². The van der Waals surface area contributed by atoms with Gasteiger partial charge in [-0.25, -0.2) is 9.97 Å². The van der Waals surface area contributed by atoms with E-state index in [4.69, 9.17) is 16.3 Å². The summed E-state index contributed by atoms with van der Waals surface area (Å²) in [5, 5.41) is 3.58. The lowest BCUT2D eigenvalue weighted by Gasteiger charge is -2.31. The van der Waals surface area contributed by atoms with Gasteiger partial charge in [-0.05, 0) is 12.8 Å². The first-order valence-corrected chi connectivity index (χ1v) is 4.98. The molecule has 0 spiro atoms. The summed E-state index contributed by atoms with van der Waals surface area (Å²) < 4.78 is 4.99. The van der Waals surface area contributed by atoms with E-state index in [1.54, 1.807) is 13.2 Å². The van der Waals surface area contributed by atoms with E-state index in [0.29, 0.717) is 17.3 Å². The molecule has 0 radical (unpaired) electrons. The summed E-state index contributed by atoms with van der Waals surface area (Å²) in [4.78, 5) is 8.01. The Morgan fingerprint density at radius 3 is 2.93 bits per heavy atom. The zero-order valence-electron chi connectivity index (χ0n) is 7.90. The molecule has 1 aliphatic rings. The second-order valence-electron chi connectivity index (χ2n) is 3.36. The quantitative estimate of drug-likeness (QED) is 0.776. The van der Waals surface area contributed by atoms with Crippen LogP contribution in [0.5, 0.6) is 5.88 Å². The van der Waals surface area contributed by atoms with Gasteiger partial charge >= 0.3 is 0 Å². The molecule has 76 valence electrons. The highest BCUT2D eigenvalue weighted by molar-refractivity contribution is 6.21. The first-order chi connectivity index (χ1) is 6.78. The summed E-state index contributed by atoms with van der Waals surface area (Å²) in [7, 11) is 1.59. The normalized spacial score (nSPS) is 25.3. The van der Waals surface area contributed by atoms with Crippen LogP contribution in [0.2, 0.25) is 0 Å². The van der Waals surface area contributed by atoms with E-state index in [9.17, 15) is 0 Å². The predicted octanol–water partition coefficient (Wildman–Crippen LogP) is 1.67. The molecular weight excluding hydrogens is 202 g/mol. The maximum atomic E-state index is 5.87. The van der Waals surface area contributed by atoms with E-state index in [2.05, 4.69) is 15.3 Å². The molecule has 1 saturated carbocycles. The summed E-state index contributed by atoms with van der Waals surface area (Å²) in [5.41, 5.74) is 0. The Morgan fingerprint density at radius 2 is 2.29 bits per heavy atom. The van der Waals surface area contributed by atoms with Crippen molar-refractivity contribution in [2.75, 3.05) is 12.4 Å². The van der Waals surface area contributed by atoms with E-state index in [1.165, 1.54) is 6.33 Å². The number of nitrogens with zero attached hydrogens (tertiary/aromatic N) is 2. The molecule has 0 saturated heterocycles. The van der Waals surface area contributed by atoms with E-state index < -0.39 is 0 Å². The summed E-state index contributed by atoms with van der Waals surface area (Å²) in [6.45, 7) is 0. The van der Waals surface area contributed by atoms with Gasteiger partial charge in [0.2, 0.25) is 5.88 Å². The molecule has 2 rings (SSSR count). The van der Waals surface area contributed by atoms with Crippen molar-refractivity contribution in [3.05, 3.63) is 12.4 Å². The highest BCUT2D eigenvalue weighted by Gasteiger charge is 2.27. The lowest BCUT2D eigenvalue weighted by Crippen LogP contribution is -2.36. The van der Waals surface area contributed by atoms with Crippen LogP contribution in [0, 0.1) is 0 Å². The zero-order valence-corrected chi connectivity index (χ0v) is 8.66. The van der Waals surface area contributed by atoms with Crippen LogP contribution in [0.4, 0.5) is 5.82 Å². The Balaban J connectivity index is 1.95. The molecule has 14 heavy (non-hydrogen) atoms. The van der Waals surface area contributed by atoms with Gasteiger partial charge in [-0.3, -0.25) is 0 Å². The molecule has 0 unspecified atom stereocenters. The average molecular weight is 214 g/mol. The van der Waals surface area contributed by atoms with Crippen molar-refractivity contribution < 1.29 is 4.74 Å². The van der Waals surface area contributed by atoms with Crippen LogP contribution in [0.25, 0.3) is 0 Å². The molecule has 0 aromatic carbocycles. The van der Waals surface area contributed by atoms with Gasteiger partial charge in [-0.1, -0.05) is 0 Å². The van der Waals surface area contributed by atoms with Crippen LogP contribution in [0.1, 0.15) is 12.8 Å². The fourth-order valence-corrected chi connectivity index (χ4v) is 1.84. The smallest absolute Gasteiger partial charge is 0.218 e. The molecule has 0 atom stereocenters. The minimum atomic E-state index is 0.316. The number of rotatable bonds is 3. The first kappa shape index (κ1) is 9.52. The van der Waals surface area contributed by atoms with Gasteiger partial charge in [-0.2, -0.15) is 0 Å². The summed E-state index contributed by atoms with van der Waals surface area (Å²) in [6.07, 6.45) is 3.47. The van der Waals surface area contributed by atoms with E-state index in [-0.39, 0.29) is 0 Å². The largest absolute Gasteiger partial charge is 0.481 e. The van der Waals surface area contributed by atoms with Crippen LogP contribution in [0.3, 0.4) is 0 Å². The number of anilines is 1. The van der Waals surface area contributed by atoms with Gasteiger partial charge in [-0.15, -0.1) is 11.6 Å². The molecule has 4 nitrogen and oxygen atoms in total. The minimum Gasteiger partial charge on any atom is -0.481 e. The maximum Gasteiger partial charge on any atom is 0.218 e. The molecule has 0 amide bonds. The van der Waals surface area contributed by atoms with Crippen LogP contribution in [0.15, 0.2) is 12.4 Å². The molecule has 1 heterocycles. The lowest BCUT2D eigenvalue weighted by molar-refractivity contribution is 0.396. The molecule has 5 heteroatoms. The SMILES string of the molecule is COc1cc(NC2CC(Cl)C2)ncn1. The first-order valence-electron chi connectivity index (χ1n) is 4.54. The molecular formula is C9H12ClN3O. The van der Waals surface area contributed by atoms with E-state index >= 15 is 0 Å². The summed E-state index contributed by atoms with van der Waals surface area (Å²) in [5.74, 6) is 1.37. The summed E-state index contributed by atoms with van der Waals surface area (Å²) in [6, 6.07) is 2.22. The Morgan fingerprint density at radius 1 is 1.50 bits per heavy atom. The van der Waals surface area contributed by atoms with Crippen molar-refractivity contribution in [1.82, 2.24) is 9.97 Å². The Bertz CT molecular complexity index is 315. The fraction of sp³-hybridized carbons (Fsp3) is 0.556. The van der Waals surface area contributed by atoms with Crippen molar-refractivity contribution in [2.45, 2.75) is 24.3 Å². The van der Waals surface area contributed by atoms with Crippen LogP contribution in [-0.4, -0.2) is 28.5 Å². The number of alkyl halides is 1. The topological polar surface area (TPSA) is 47.0 Å². The van der Waals surface area contributed by atoms with Crippen molar-refractivity contribution in [3.8, 4) is 5.88 Å². The Kier molecular flexibility index (Phi) is 2.72. The lowest BCUT2D eigenvalue weighted by atomic mass is 9.92. The third-order valence-corrected chi connectivity index (χ3v) is 2.64. The van der Waals surface area contributed by atoms with Gasteiger partial charge in [0.25, 0.3) is 0 Å². The third-order valence-electron chi connectivity index (χ3n) is 2.28. The van der Waals surface area contributed by atoms with Gasteiger partial charge in [0.1, 0.15) is 12.1 Å². The number of nitrogens with one attached hydrogen (secondary N) is 1. The Hall–Kier alpha value is -1.03. The second-order valence-corrected chi connectivity index (χ2v) is 3.97. The summed E-state index contributed by atoms with van der Waals surface area (Å²) >= 11 is 5.87. The molecule has 1 aromatic heterocycles. The van der Waals surface area contributed by atoms with Crippen molar-refractivity contribution in [1.29, 1.82) is 0 Å². The monoisotopic (exact) mass is 213 g/mol. The third kappa shape index (κ3) is 2.07. The van der Waals surface area contributed by atoms with Gasteiger partial charge in [0, 0.05) is 17.5 Å². The number of methoxy groups -OCH3 is 1. The highest BCUT2D eigenvalue weighted by Crippen LogP contribution is 2.28. The zero-order chi connectivity index (χ0) is 9.97. The number of halogens is 1. The molecule has 1 aromatic rings. The van der Waals surface area contributed by atoms with E-state index in [1.807, 2.05) is 0 Å². The number of hydrogen-bond acceptors (Lipinski definition) is 4. The molecule has 1 fully saturated rings. The van der Waals surface area contributed by atoms with Crippen molar-refractivity contribution >= 4 is 17.4 Å². The van der Waals surface area contributed by atoms with Gasteiger partial charge in [0.15, 0.2) is 0 Å². The number of aromatic nitrogens is 2. The van der Waals surface area contributed by atoms with Gasteiger partial charge in [0.05, 0.1) is 7.11 Å². The van der Waals surface area contributed by atoms with E-state index in [0.717, 1.165) is 18.7 Å². The van der Waals surface area contributed by atoms with Crippen LogP contribution in [-0.2, 0) is 0 Å². The van der Waals surface area contributed by atoms with Gasteiger partial charge < -0.3 is 10.1 Å². The Labute approximate surface area is 87.7 Å². The van der Waals surface area contributed by atoms with Crippen LogP contribution < -0.4 is 10.1 Å². The predicted molar refractivity (Wildman–Crippen MR) is 54.9 cm³/mol. The standard InChI is InChI=1S/C9H12ClN3O/c1-14-9-4-8(11-5-12-9)13-7-2-6(10)3-7/h4-7H,2-3H2,1H3,(H,11,12,13). The van der Waals surface area contributed by atoms with Crippen LogP contribution >= 0.6 is 11.6 Å². The maximum absolute atomic E-state index is 5.87. The molecule has 1 N–H and O–H groups in total. The average Bonchev–Trinajstić information content (AvgIpc) is 2.16. The second kappa shape index (κ2) is 4.00. The number of ether oxygens (including phenoxy) is 1.